The second-order valence-corrected chi connectivity index (χ2v) is 9.44. The van der Waals surface area contributed by atoms with Gasteiger partial charge in [0, 0.05) is 0 Å². The Morgan fingerprint density at radius 2 is 1.94 bits per heavy atom. The Morgan fingerprint density at radius 1 is 1.19 bits per heavy atom. The average molecular weight is 536 g/mol. The van der Waals surface area contributed by atoms with Crippen molar-refractivity contribution >= 4 is 67.9 Å². The molecule has 168 valence electrons. The minimum atomic E-state index is -0.501. The number of anilines is 1. The predicted molar refractivity (Wildman–Crippen MR) is 134 cm³/mol. The van der Waals surface area contributed by atoms with Crippen LogP contribution in [0.5, 0.6) is 11.5 Å². The summed E-state index contributed by atoms with van der Waals surface area (Å²) in [6.45, 7) is 6.03. The summed E-state index contributed by atoms with van der Waals surface area (Å²) < 4.78 is 16.9. The fourth-order valence-electron chi connectivity index (χ4n) is 2.97. The summed E-state index contributed by atoms with van der Waals surface area (Å²) in [5, 5.41) is 0. The summed E-state index contributed by atoms with van der Waals surface area (Å²) >= 11 is 10.2. The number of hydrogen-bond acceptors (Lipinski definition) is 7. The molecule has 1 fully saturated rings. The van der Waals surface area contributed by atoms with Crippen LogP contribution in [0.1, 0.15) is 23.6 Å². The molecule has 2 aromatic rings. The smallest absolute Gasteiger partial charge is 0.343 e. The summed E-state index contributed by atoms with van der Waals surface area (Å²) in [5.41, 5.74) is 3.72. The number of halogens is 1. The van der Waals surface area contributed by atoms with Gasteiger partial charge in [0.15, 0.2) is 22.4 Å². The van der Waals surface area contributed by atoms with Crippen LogP contribution >= 0.6 is 39.9 Å². The first kappa shape index (κ1) is 24.3. The average Bonchev–Trinajstić information content (AvgIpc) is 3.02. The maximum atomic E-state index is 13.1. The van der Waals surface area contributed by atoms with E-state index in [2.05, 4.69) is 20.7 Å². The van der Waals surface area contributed by atoms with Gasteiger partial charge in [0.25, 0.3) is 5.91 Å². The van der Waals surface area contributed by atoms with Crippen molar-refractivity contribution in [2.24, 2.45) is 0 Å². The van der Waals surface area contributed by atoms with E-state index in [4.69, 9.17) is 21.7 Å². The van der Waals surface area contributed by atoms with Gasteiger partial charge in [-0.25, -0.2) is 4.79 Å². The molecule has 2 aromatic carbocycles. The van der Waals surface area contributed by atoms with Gasteiger partial charge < -0.3 is 14.2 Å². The lowest BCUT2D eigenvalue weighted by Crippen LogP contribution is -2.27. The first-order valence-electron chi connectivity index (χ1n) is 9.76. The standard InChI is InChI=1S/C23H22BrNO5S2/c1-5-29-18-10-15(9-17(24)21(18)30-12-20(26)28-4)11-19-22(27)25(23(31)32-19)16-7-6-13(2)14(3)8-16/h6-11H,5,12H2,1-4H3/b19-11-. The number of methoxy groups -OCH3 is 1. The Labute approximate surface area is 205 Å². The van der Waals surface area contributed by atoms with Crippen LogP contribution in [0.3, 0.4) is 0 Å². The molecule has 1 aliphatic heterocycles. The highest BCUT2D eigenvalue weighted by atomic mass is 79.9. The molecule has 1 aliphatic rings. The second-order valence-electron chi connectivity index (χ2n) is 6.91. The third kappa shape index (κ3) is 5.33. The van der Waals surface area contributed by atoms with E-state index in [0.717, 1.165) is 22.4 Å². The molecule has 1 heterocycles. The lowest BCUT2D eigenvalue weighted by atomic mass is 10.1. The van der Waals surface area contributed by atoms with Crippen LogP contribution < -0.4 is 14.4 Å². The van der Waals surface area contributed by atoms with Gasteiger partial charge in [0.2, 0.25) is 0 Å². The first-order chi connectivity index (χ1) is 15.2. The van der Waals surface area contributed by atoms with Gasteiger partial charge in [-0.3, -0.25) is 9.69 Å². The summed E-state index contributed by atoms with van der Waals surface area (Å²) in [5.74, 6) is 0.153. The molecular formula is C23H22BrNO5S2. The number of thiocarbonyl (C=S) groups is 1. The maximum absolute atomic E-state index is 13.1. The highest BCUT2D eigenvalue weighted by Crippen LogP contribution is 2.40. The van der Waals surface area contributed by atoms with E-state index in [1.807, 2.05) is 39.0 Å². The Morgan fingerprint density at radius 3 is 2.59 bits per heavy atom. The van der Waals surface area contributed by atoms with Crippen molar-refractivity contribution in [1.29, 1.82) is 0 Å². The predicted octanol–water partition coefficient (Wildman–Crippen LogP) is 5.42. The summed E-state index contributed by atoms with van der Waals surface area (Å²) in [4.78, 5) is 26.6. The van der Waals surface area contributed by atoms with E-state index in [0.29, 0.717) is 31.8 Å². The zero-order chi connectivity index (χ0) is 23.4. The minimum Gasteiger partial charge on any atom is -0.490 e. The van der Waals surface area contributed by atoms with Gasteiger partial charge >= 0.3 is 5.97 Å². The number of benzene rings is 2. The summed E-state index contributed by atoms with van der Waals surface area (Å²) in [7, 11) is 1.29. The molecule has 6 nitrogen and oxygen atoms in total. The molecule has 0 aliphatic carbocycles. The van der Waals surface area contributed by atoms with Crippen molar-refractivity contribution in [1.82, 2.24) is 0 Å². The fraction of sp³-hybridized carbons (Fsp3) is 0.261. The van der Waals surface area contributed by atoms with Crippen LogP contribution in [-0.4, -0.2) is 36.5 Å². The topological polar surface area (TPSA) is 65.1 Å². The normalized spacial score (nSPS) is 14.8. The molecule has 0 saturated carbocycles. The third-order valence-electron chi connectivity index (χ3n) is 4.73. The molecule has 1 saturated heterocycles. The number of carbonyl (C=O) groups excluding carboxylic acids is 2. The highest BCUT2D eigenvalue weighted by molar-refractivity contribution is 9.10. The molecule has 0 aromatic heterocycles. The number of thioether (sulfide) groups is 1. The van der Waals surface area contributed by atoms with Crippen LogP contribution in [0, 0.1) is 13.8 Å². The number of ether oxygens (including phenoxy) is 3. The second kappa shape index (κ2) is 10.5. The van der Waals surface area contributed by atoms with Crippen molar-refractivity contribution < 1.29 is 23.8 Å². The molecule has 0 radical (unpaired) electrons. The van der Waals surface area contributed by atoms with Crippen molar-refractivity contribution in [2.75, 3.05) is 25.2 Å². The van der Waals surface area contributed by atoms with Crippen LogP contribution in [0.25, 0.3) is 6.08 Å². The van der Waals surface area contributed by atoms with Gasteiger partial charge in [0.1, 0.15) is 0 Å². The van der Waals surface area contributed by atoms with E-state index in [-0.39, 0.29) is 12.5 Å². The van der Waals surface area contributed by atoms with E-state index < -0.39 is 5.97 Å². The zero-order valence-electron chi connectivity index (χ0n) is 18.1. The van der Waals surface area contributed by atoms with Gasteiger partial charge in [-0.15, -0.1) is 0 Å². The Bertz CT molecular complexity index is 1120. The van der Waals surface area contributed by atoms with Gasteiger partial charge in [0.05, 0.1) is 28.8 Å². The molecule has 0 N–H and O–H groups in total. The minimum absolute atomic E-state index is 0.177. The molecule has 32 heavy (non-hydrogen) atoms. The number of rotatable bonds is 7. The van der Waals surface area contributed by atoms with Crippen LogP contribution in [0.2, 0.25) is 0 Å². The number of nitrogens with zero attached hydrogens (tertiary/aromatic N) is 1. The largest absolute Gasteiger partial charge is 0.490 e. The van der Waals surface area contributed by atoms with E-state index in [1.54, 1.807) is 23.1 Å². The number of hydrogen-bond donors (Lipinski definition) is 0. The first-order valence-corrected chi connectivity index (χ1v) is 11.8. The van der Waals surface area contributed by atoms with Crippen molar-refractivity contribution in [3.63, 3.8) is 0 Å². The lowest BCUT2D eigenvalue weighted by Gasteiger charge is -2.16. The SMILES string of the molecule is CCOc1cc(/C=C2\SC(=S)N(c3ccc(C)c(C)c3)C2=O)cc(Br)c1OCC(=O)OC. The molecular weight excluding hydrogens is 514 g/mol. The molecule has 3 rings (SSSR count). The number of esters is 1. The van der Waals surface area contributed by atoms with E-state index in [1.165, 1.54) is 18.9 Å². The van der Waals surface area contributed by atoms with Crippen LogP contribution in [-0.2, 0) is 14.3 Å². The Kier molecular flexibility index (Phi) is 7.97. The number of aryl methyl sites for hydroxylation is 2. The van der Waals surface area contributed by atoms with Gasteiger partial charge in [-0.1, -0.05) is 30.0 Å². The van der Waals surface area contributed by atoms with Crippen LogP contribution in [0.4, 0.5) is 5.69 Å². The van der Waals surface area contributed by atoms with Crippen molar-refractivity contribution in [2.45, 2.75) is 20.8 Å². The lowest BCUT2D eigenvalue weighted by molar-refractivity contribution is -0.142. The Balaban J connectivity index is 1.91. The Hall–Kier alpha value is -2.36. The number of carbonyl (C=O) groups is 2. The highest BCUT2D eigenvalue weighted by Gasteiger charge is 2.33. The zero-order valence-corrected chi connectivity index (χ0v) is 21.3. The van der Waals surface area contributed by atoms with Crippen molar-refractivity contribution in [3.8, 4) is 11.5 Å². The fourth-order valence-corrected chi connectivity index (χ4v) is 4.84. The van der Waals surface area contributed by atoms with E-state index in [9.17, 15) is 9.59 Å². The van der Waals surface area contributed by atoms with Crippen LogP contribution in [0.15, 0.2) is 39.7 Å². The summed E-state index contributed by atoms with van der Waals surface area (Å²) in [6, 6.07) is 9.38. The van der Waals surface area contributed by atoms with Gasteiger partial charge in [-0.2, -0.15) is 0 Å². The summed E-state index contributed by atoms with van der Waals surface area (Å²) in [6.07, 6.45) is 1.76. The quantitative estimate of drug-likeness (QED) is 0.266. The van der Waals surface area contributed by atoms with Gasteiger partial charge in [-0.05, 0) is 83.7 Å². The monoisotopic (exact) mass is 535 g/mol. The number of amides is 1. The molecule has 0 bridgehead atoms. The van der Waals surface area contributed by atoms with Crippen molar-refractivity contribution in [3.05, 3.63) is 56.4 Å². The molecule has 0 spiro atoms. The third-order valence-corrected chi connectivity index (χ3v) is 6.63. The molecule has 9 heteroatoms. The molecule has 0 unspecified atom stereocenters. The van der Waals surface area contributed by atoms with E-state index >= 15 is 0 Å². The maximum Gasteiger partial charge on any atom is 0.343 e. The molecule has 1 amide bonds. The molecule has 0 atom stereocenters.